The van der Waals surface area contributed by atoms with Gasteiger partial charge in [-0.2, -0.15) is 0 Å². The molecule has 2 saturated carbocycles. The van der Waals surface area contributed by atoms with Crippen LogP contribution in [0, 0.1) is 34.1 Å². The third-order valence-electron chi connectivity index (χ3n) is 7.31. The molecule has 2 fully saturated rings. The van der Waals surface area contributed by atoms with Crippen molar-refractivity contribution in [2.45, 2.75) is 105 Å². The molecule has 0 unspecified atom stereocenters. The first kappa shape index (κ1) is 54.0. The van der Waals surface area contributed by atoms with Crippen molar-refractivity contribution in [1.82, 2.24) is 0 Å². The Morgan fingerprint density at radius 1 is 0.562 bits per heavy atom. The summed E-state index contributed by atoms with van der Waals surface area (Å²) in [5.74, 6) is 2.09. The predicted molar refractivity (Wildman–Crippen MR) is 220 cm³/mol. The molecule has 2 aliphatic rings. The summed E-state index contributed by atoms with van der Waals surface area (Å²) in [4.78, 5) is 8.24. The van der Waals surface area contributed by atoms with Crippen molar-refractivity contribution in [3.8, 4) is 0 Å². The van der Waals surface area contributed by atoms with Gasteiger partial charge in [0.15, 0.2) is 0 Å². The van der Waals surface area contributed by atoms with Gasteiger partial charge in [-0.25, -0.2) is 0 Å². The Hall–Kier alpha value is -0.743. The fraction of sp³-hybridized carbons (Fsp3) is 0.439. The maximum Gasteiger partial charge on any atom is 0.102 e. The molecule has 2 nitrogen and oxygen atoms in total. The van der Waals surface area contributed by atoms with E-state index in [9.17, 15) is 0 Å². The van der Waals surface area contributed by atoms with E-state index >= 15 is 0 Å². The van der Waals surface area contributed by atoms with Crippen LogP contribution in [0.15, 0.2) is 101 Å². The zero-order chi connectivity index (χ0) is 33.7. The summed E-state index contributed by atoms with van der Waals surface area (Å²) in [6.07, 6.45) is 15.4. The molecule has 2 aliphatic carbocycles. The van der Waals surface area contributed by atoms with Crippen LogP contribution in [-0.2, 0) is 34.6 Å². The molecule has 7 heteroatoms. The second-order valence-electron chi connectivity index (χ2n) is 12.0. The summed E-state index contributed by atoms with van der Waals surface area (Å²) in [7, 11) is 8.26. The number of nitrogens with zero attached hydrogens (tertiary/aromatic N) is 2. The van der Waals surface area contributed by atoms with Crippen molar-refractivity contribution in [2.75, 3.05) is 0 Å². The first-order valence-electron chi connectivity index (χ1n) is 16.2. The van der Waals surface area contributed by atoms with Crippen LogP contribution >= 0.6 is 27.3 Å². The van der Waals surface area contributed by atoms with Gasteiger partial charge in [-0.15, -0.1) is 0 Å². The molecular formula is C41H65Cl2N2PRu2+. The largest absolute Gasteiger partial charge is 0.102 e. The summed E-state index contributed by atoms with van der Waals surface area (Å²) in [5.41, 5.74) is 0. The molecule has 48 heavy (non-hydrogen) atoms. The number of rotatable bonds is 6. The summed E-state index contributed by atoms with van der Waals surface area (Å²) in [5, 5.41) is 4.31. The van der Waals surface area contributed by atoms with E-state index in [0.29, 0.717) is 12.1 Å². The SMILES string of the molecule is CC(C)N=CC=NC(C)C.CC1CCCC1.CC1CCCC1.[CH3-].[CH3-].[CH3-].[Cl][Ru+2].[Cl][Ru+].c1ccc([PH+](c2ccccc2)c2ccccc2)cc1. The fourth-order valence-corrected chi connectivity index (χ4v) is 7.57. The van der Waals surface area contributed by atoms with Crippen molar-refractivity contribution in [3.05, 3.63) is 113 Å². The molecule has 0 aliphatic heterocycles. The number of benzene rings is 3. The van der Waals surface area contributed by atoms with Crippen molar-refractivity contribution in [1.29, 1.82) is 0 Å². The van der Waals surface area contributed by atoms with E-state index < -0.39 is 7.92 Å². The molecule has 0 saturated heterocycles. The molecule has 3 aromatic carbocycles. The maximum atomic E-state index is 4.57. The molecule has 5 rings (SSSR count). The minimum Gasteiger partial charge on any atom is -0.0620 e. The van der Waals surface area contributed by atoms with Crippen molar-refractivity contribution >= 4 is 55.6 Å². The van der Waals surface area contributed by atoms with Gasteiger partial charge in [0.25, 0.3) is 0 Å². The Kier molecular flexibility index (Phi) is 42.2. The molecule has 0 heterocycles. The van der Waals surface area contributed by atoms with Crippen LogP contribution in [-0.4, -0.2) is 24.5 Å². The van der Waals surface area contributed by atoms with Crippen molar-refractivity contribution in [2.24, 2.45) is 21.8 Å². The third kappa shape index (κ3) is 28.0. The summed E-state index contributed by atoms with van der Waals surface area (Å²) >= 11 is 3.64. The van der Waals surface area contributed by atoms with Crippen LogP contribution in [0.25, 0.3) is 0 Å². The summed E-state index contributed by atoms with van der Waals surface area (Å²) in [6.45, 7) is 12.8. The van der Waals surface area contributed by atoms with Gasteiger partial charge in [0.1, 0.15) is 15.9 Å². The first-order valence-corrected chi connectivity index (χ1v) is 22.2. The van der Waals surface area contributed by atoms with Crippen LogP contribution in [0.2, 0.25) is 0 Å². The Morgan fingerprint density at radius 2 is 0.792 bits per heavy atom. The Labute approximate surface area is 328 Å². The van der Waals surface area contributed by atoms with Crippen molar-refractivity contribution < 1.29 is 34.6 Å². The van der Waals surface area contributed by atoms with Gasteiger partial charge in [0.05, 0.1) is 7.92 Å². The molecule has 0 amide bonds. The fourth-order valence-electron chi connectivity index (χ4n) is 5.00. The first-order chi connectivity index (χ1) is 21.9. The zero-order valence-corrected chi connectivity index (χ0v) is 37.1. The molecule has 0 spiro atoms. The number of halogens is 2. The summed E-state index contributed by atoms with van der Waals surface area (Å²) < 4.78 is 0. The Morgan fingerprint density at radius 3 is 0.958 bits per heavy atom. The molecule has 273 valence electrons. The standard InChI is InChI=1S/C18H15P.C8H16N2.2C6H12.3CH3.2ClH.2Ru/c1-4-10-16(11-5-1)19(17-12-6-2-7-13-17)18-14-8-3-9-15-18;1-7(2)9-5-6-10-8(3)4;2*1-6-4-2-3-5-6;;;;;;;/h1-15H;5-8H,1-4H3;2*6H,2-5H2,1H3;3*1H3;2*1H;;/q;;;;3*-1;;;+2;+3/p-1. The minimum absolute atomic E-state index is 0. The van der Waals surface area contributed by atoms with Crippen molar-refractivity contribution in [3.63, 3.8) is 0 Å². The monoisotopic (exact) mass is 890 g/mol. The van der Waals surface area contributed by atoms with Gasteiger partial charge in [-0.1, -0.05) is 120 Å². The molecule has 3 aromatic rings. The van der Waals surface area contributed by atoms with E-state index in [1.165, 1.54) is 67.3 Å². The summed E-state index contributed by atoms with van der Waals surface area (Å²) in [6, 6.07) is 33.2. The maximum absolute atomic E-state index is 4.57. The third-order valence-corrected chi connectivity index (χ3v) is 10.0. The quantitative estimate of drug-likeness (QED) is 0.102. The number of aliphatic imine (C=N–C) groups is 2. The van der Waals surface area contributed by atoms with Crippen LogP contribution in [0.1, 0.15) is 92.9 Å². The van der Waals surface area contributed by atoms with E-state index in [1.807, 2.05) is 62.3 Å². The molecule has 0 radical (unpaired) electrons. The molecule has 0 aromatic heterocycles. The molecule has 0 atom stereocenters. The van der Waals surface area contributed by atoms with E-state index in [4.69, 9.17) is 0 Å². The second kappa shape index (κ2) is 37.5. The van der Waals surface area contributed by atoms with E-state index in [-0.39, 0.29) is 22.3 Å². The van der Waals surface area contributed by atoms with Gasteiger partial charge < -0.3 is 22.3 Å². The molecular weight excluding hydrogens is 824 g/mol. The smallest absolute Gasteiger partial charge is 0.0620 e. The van der Waals surface area contributed by atoms with Crippen LogP contribution < -0.4 is 15.9 Å². The van der Waals surface area contributed by atoms with E-state index in [1.54, 1.807) is 12.4 Å². The Bertz CT molecular complexity index is 965. The average molecular weight is 890 g/mol. The Balaban J connectivity index is -0.000000284. The second-order valence-corrected chi connectivity index (χ2v) is 14.5. The molecule has 0 N–H and O–H groups in total. The van der Waals surface area contributed by atoms with Crippen LogP contribution in [0.4, 0.5) is 0 Å². The predicted octanol–water partition coefficient (Wildman–Crippen LogP) is 12.2. The number of hydrogen-bond acceptors (Lipinski definition) is 2. The average Bonchev–Trinajstić information content (AvgIpc) is 3.77. The minimum atomic E-state index is -0.877. The van der Waals surface area contributed by atoms with Gasteiger partial charge in [-0.05, 0) is 75.9 Å². The van der Waals surface area contributed by atoms with Crippen LogP contribution in [0.5, 0.6) is 0 Å². The van der Waals surface area contributed by atoms with Gasteiger partial charge in [-0.3, -0.25) is 9.98 Å². The van der Waals surface area contributed by atoms with E-state index in [2.05, 4.69) is 134 Å². The van der Waals surface area contributed by atoms with E-state index in [0.717, 1.165) is 11.8 Å². The zero-order valence-electron chi connectivity index (χ0n) is 31.1. The number of hydrogen-bond donors (Lipinski definition) is 0. The van der Waals surface area contributed by atoms with Gasteiger partial charge in [0.2, 0.25) is 0 Å². The topological polar surface area (TPSA) is 24.7 Å². The molecule has 0 bridgehead atoms. The van der Waals surface area contributed by atoms with Gasteiger partial charge in [0, 0.05) is 24.5 Å². The van der Waals surface area contributed by atoms with Crippen LogP contribution in [0.3, 0.4) is 0 Å². The normalized spacial score (nSPS) is 13.5. The van der Waals surface area contributed by atoms with Gasteiger partial charge >= 0.3 is 54.0 Å².